The maximum absolute atomic E-state index is 12.2. The van der Waals surface area contributed by atoms with Crippen molar-refractivity contribution in [3.05, 3.63) is 35.9 Å². The van der Waals surface area contributed by atoms with Crippen molar-refractivity contribution in [2.24, 2.45) is 0 Å². The van der Waals surface area contributed by atoms with E-state index in [-0.39, 0.29) is 5.97 Å². The standard InChI is InChI=1S/C14H20O3S/c1-3-4-10-13(14(15)17-2)18(16)11-12-8-6-5-7-9-12/h5-9,13H,3-4,10-11H2,1-2H3. The van der Waals surface area contributed by atoms with Gasteiger partial charge in [-0.3, -0.25) is 9.00 Å². The first-order valence-corrected chi connectivity index (χ1v) is 7.56. The first-order valence-electron chi connectivity index (χ1n) is 6.18. The van der Waals surface area contributed by atoms with Crippen LogP contribution in [-0.2, 0) is 26.1 Å². The lowest BCUT2D eigenvalue weighted by Crippen LogP contribution is -2.28. The summed E-state index contributed by atoms with van der Waals surface area (Å²) in [7, 11) is 0.133. The minimum atomic E-state index is -1.21. The summed E-state index contributed by atoms with van der Waals surface area (Å²) in [4.78, 5) is 11.6. The maximum Gasteiger partial charge on any atom is 0.321 e. The first-order chi connectivity index (χ1) is 8.69. The monoisotopic (exact) mass is 268 g/mol. The molecule has 18 heavy (non-hydrogen) atoms. The van der Waals surface area contributed by atoms with E-state index in [1.807, 2.05) is 30.3 Å². The molecule has 100 valence electrons. The lowest BCUT2D eigenvalue weighted by atomic mass is 10.2. The Hall–Kier alpha value is -1.16. The van der Waals surface area contributed by atoms with Crippen molar-refractivity contribution in [3.63, 3.8) is 0 Å². The minimum absolute atomic E-state index is 0.363. The number of unbranched alkanes of at least 4 members (excludes halogenated alkanes) is 1. The Labute approximate surface area is 111 Å². The van der Waals surface area contributed by atoms with E-state index in [4.69, 9.17) is 4.74 Å². The van der Waals surface area contributed by atoms with Gasteiger partial charge in [-0.15, -0.1) is 0 Å². The molecule has 4 heteroatoms. The minimum Gasteiger partial charge on any atom is -0.468 e. The average molecular weight is 268 g/mol. The van der Waals surface area contributed by atoms with Gasteiger partial charge in [0.25, 0.3) is 0 Å². The molecule has 0 amide bonds. The molecule has 0 spiro atoms. The zero-order valence-corrected chi connectivity index (χ0v) is 11.7. The highest BCUT2D eigenvalue weighted by Gasteiger charge is 2.25. The van der Waals surface area contributed by atoms with Gasteiger partial charge < -0.3 is 4.74 Å². The second kappa shape index (κ2) is 8.03. The van der Waals surface area contributed by atoms with Gasteiger partial charge in [0, 0.05) is 16.6 Å². The summed E-state index contributed by atoms with van der Waals surface area (Å²) >= 11 is 0. The van der Waals surface area contributed by atoms with Crippen molar-refractivity contribution in [1.29, 1.82) is 0 Å². The van der Waals surface area contributed by atoms with E-state index in [1.165, 1.54) is 7.11 Å². The molecule has 0 saturated carbocycles. The fourth-order valence-electron chi connectivity index (χ4n) is 1.72. The van der Waals surface area contributed by atoms with Gasteiger partial charge in [0.05, 0.1) is 7.11 Å². The van der Waals surface area contributed by atoms with Gasteiger partial charge in [0.1, 0.15) is 5.25 Å². The third-order valence-corrected chi connectivity index (χ3v) is 4.43. The molecule has 1 aromatic carbocycles. The highest BCUT2D eigenvalue weighted by atomic mass is 32.2. The number of hydrogen-bond donors (Lipinski definition) is 0. The smallest absolute Gasteiger partial charge is 0.321 e. The fraction of sp³-hybridized carbons (Fsp3) is 0.500. The highest BCUT2D eigenvalue weighted by Crippen LogP contribution is 2.14. The number of benzene rings is 1. The molecule has 0 saturated heterocycles. The molecule has 1 rings (SSSR count). The Morgan fingerprint density at radius 1 is 1.33 bits per heavy atom. The van der Waals surface area contributed by atoms with Crippen molar-refractivity contribution < 1.29 is 13.7 Å². The lowest BCUT2D eigenvalue weighted by Gasteiger charge is -2.13. The predicted molar refractivity (Wildman–Crippen MR) is 73.6 cm³/mol. The van der Waals surface area contributed by atoms with Crippen LogP contribution in [0.25, 0.3) is 0 Å². The zero-order chi connectivity index (χ0) is 13.4. The van der Waals surface area contributed by atoms with Crippen molar-refractivity contribution in [2.45, 2.75) is 37.2 Å². The summed E-state index contributed by atoms with van der Waals surface area (Å²) in [5.74, 6) is 0.0438. The number of esters is 1. The van der Waals surface area contributed by atoms with Crippen LogP contribution in [0.4, 0.5) is 0 Å². The summed E-state index contributed by atoms with van der Waals surface area (Å²) in [6.07, 6.45) is 2.50. The van der Waals surface area contributed by atoms with E-state index in [2.05, 4.69) is 6.92 Å². The number of ether oxygens (including phenoxy) is 1. The summed E-state index contributed by atoms with van der Waals surface area (Å²) in [6, 6.07) is 9.58. The topological polar surface area (TPSA) is 43.4 Å². The third kappa shape index (κ3) is 4.61. The zero-order valence-electron chi connectivity index (χ0n) is 10.9. The Morgan fingerprint density at radius 2 is 2.00 bits per heavy atom. The van der Waals surface area contributed by atoms with Gasteiger partial charge >= 0.3 is 5.97 Å². The SMILES string of the molecule is CCCCC(C(=O)OC)S(=O)Cc1ccccc1. The molecule has 0 bridgehead atoms. The molecule has 2 atom stereocenters. The quantitative estimate of drug-likeness (QED) is 0.714. The molecule has 0 N–H and O–H groups in total. The second-order valence-corrected chi connectivity index (χ2v) is 5.78. The Morgan fingerprint density at radius 3 is 2.56 bits per heavy atom. The van der Waals surface area contributed by atoms with E-state index in [9.17, 15) is 9.00 Å². The van der Waals surface area contributed by atoms with E-state index >= 15 is 0 Å². The molecule has 0 aliphatic heterocycles. The molecule has 0 aliphatic carbocycles. The van der Waals surface area contributed by atoms with Crippen LogP contribution in [0, 0.1) is 0 Å². The van der Waals surface area contributed by atoms with E-state index in [1.54, 1.807) is 0 Å². The molecule has 0 aromatic heterocycles. The molecular formula is C14H20O3S. The van der Waals surface area contributed by atoms with Gasteiger partial charge in [-0.2, -0.15) is 0 Å². The van der Waals surface area contributed by atoms with Crippen molar-refractivity contribution >= 4 is 16.8 Å². The van der Waals surface area contributed by atoms with Crippen LogP contribution in [0.3, 0.4) is 0 Å². The van der Waals surface area contributed by atoms with Crippen LogP contribution in [0.15, 0.2) is 30.3 Å². The van der Waals surface area contributed by atoms with Gasteiger partial charge in [-0.25, -0.2) is 0 Å². The van der Waals surface area contributed by atoms with Crippen LogP contribution in [0.1, 0.15) is 31.7 Å². The average Bonchev–Trinajstić information content (AvgIpc) is 2.40. The molecular weight excluding hydrogens is 248 g/mol. The predicted octanol–water partition coefficient (Wildman–Crippen LogP) is 2.67. The normalized spacial score (nSPS) is 13.9. The molecule has 2 unspecified atom stereocenters. The summed E-state index contributed by atoms with van der Waals surface area (Å²) in [5.41, 5.74) is 0.987. The van der Waals surface area contributed by atoms with Crippen LogP contribution in [0.5, 0.6) is 0 Å². The van der Waals surface area contributed by atoms with Gasteiger partial charge in [-0.05, 0) is 12.0 Å². The van der Waals surface area contributed by atoms with Crippen molar-refractivity contribution in [2.75, 3.05) is 7.11 Å². The van der Waals surface area contributed by atoms with Crippen LogP contribution >= 0.6 is 0 Å². The molecule has 0 fully saturated rings. The Bertz CT molecular complexity index is 389. The number of methoxy groups -OCH3 is 1. The van der Waals surface area contributed by atoms with Crippen molar-refractivity contribution in [3.8, 4) is 0 Å². The Kier molecular flexibility index (Phi) is 6.65. The van der Waals surface area contributed by atoms with Gasteiger partial charge in [0.15, 0.2) is 0 Å². The number of carbonyl (C=O) groups is 1. The van der Waals surface area contributed by atoms with Crippen molar-refractivity contribution in [1.82, 2.24) is 0 Å². The van der Waals surface area contributed by atoms with Gasteiger partial charge in [-0.1, -0.05) is 50.1 Å². The molecule has 1 aromatic rings. The largest absolute Gasteiger partial charge is 0.468 e. The van der Waals surface area contributed by atoms with Crippen LogP contribution in [0.2, 0.25) is 0 Å². The van der Waals surface area contributed by atoms with Crippen LogP contribution < -0.4 is 0 Å². The third-order valence-electron chi connectivity index (χ3n) is 2.75. The lowest BCUT2D eigenvalue weighted by molar-refractivity contribution is -0.140. The molecule has 0 radical (unpaired) electrons. The molecule has 0 aliphatic rings. The molecule has 3 nitrogen and oxygen atoms in total. The molecule has 0 heterocycles. The fourth-order valence-corrected chi connectivity index (χ4v) is 3.18. The van der Waals surface area contributed by atoms with Gasteiger partial charge in [0.2, 0.25) is 0 Å². The number of carbonyl (C=O) groups excluding carboxylic acids is 1. The summed E-state index contributed by atoms with van der Waals surface area (Å²) < 4.78 is 17.0. The summed E-state index contributed by atoms with van der Waals surface area (Å²) in [6.45, 7) is 2.05. The number of rotatable bonds is 7. The maximum atomic E-state index is 12.2. The van der Waals surface area contributed by atoms with E-state index in [0.717, 1.165) is 18.4 Å². The summed E-state index contributed by atoms with van der Waals surface area (Å²) in [5, 5.41) is -0.504. The highest BCUT2D eigenvalue weighted by molar-refractivity contribution is 7.85. The number of hydrogen-bond acceptors (Lipinski definition) is 3. The second-order valence-electron chi connectivity index (χ2n) is 4.16. The van der Waals surface area contributed by atoms with E-state index in [0.29, 0.717) is 12.2 Å². The van der Waals surface area contributed by atoms with E-state index < -0.39 is 16.0 Å². The Balaban J connectivity index is 2.67. The first kappa shape index (κ1) is 14.9. The van der Waals surface area contributed by atoms with Crippen LogP contribution in [-0.4, -0.2) is 22.5 Å².